The van der Waals surface area contributed by atoms with Crippen molar-refractivity contribution in [3.05, 3.63) is 0 Å². The molecule has 0 aromatic heterocycles. The Morgan fingerprint density at radius 1 is 1.31 bits per heavy atom. The standard InChI is InChI=1S/C13H19NO2/c1-2-4-11-7-9-14(10-8-11)16-13(15)12-5-3-6-12/h1,11-12H,3-10H2. The van der Waals surface area contributed by atoms with Gasteiger partial charge in [0.2, 0.25) is 0 Å². The first-order chi connectivity index (χ1) is 7.79. The lowest BCUT2D eigenvalue weighted by Gasteiger charge is -2.32. The molecule has 0 atom stereocenters. The molecule has 16 heavy (non-hydrogen) atoms. The lowest BCUT2D eigenvalue weighted by atomic mass is 9.86. The topological polar surface area (TPSA) is 29.5 Å². The van der Waals surface area contributed by atoms with Crippen LogP contribution in [0.5, 0.6) is 0 Å². The Bertz CT molecular complexity index is 283. The van der Waals surface area contributed by atoms with Crippen LogP contribution in [-0.2, 0) is 9.63 Å². The normalized spacial score (nSPS) is 23.4. The number of hydrogen-bond acceptors (Lipinski definition) is 3. The van der Waals surface area contributed by atoms with Crippen molar-refractivity contribution in [1.82, 2.24) is 5.06 Å². The van der Waals surface area contributed by atoms with E-state index in [-0.39, 0.29) is 11.9 Å². The van der Waals surface area contributed by atoms with Crippen LogP contribution in [0, 0.1) is 24.2 Å². The smallest absolute Gasteiger partial charge is 0.328 e. The van der Waals surface area contributed by atoms with Crippen molar-refractivity contribution in [2.24, 2.45) is 11.8 Å². The Labute approximate surface area is 97.1 Å². The minimum atomic E-state index is -0.0263. The Hall–Kier alpha value is -1.01. The SMILES string of the molecule is C#CCC1CCN(OC(=O)C2CCC2)CC1. The molecule has 0 radical (unpaired) electrons. The quantitative estimate of drug-likeness (QED) is 0.682. The molecule has 88 valence electrons. The Morgan fingerprint density at radius 2 is 2.00 bits per heavy atom. The van der Waals surface area contributed by atoms with E-state index in [1.165, 1.54) is 6.42 Å². The summed E-state index contributed by atoms with van der Waals surface area (Å²) >= 11 is 0. The van der Waals surface area contributed by atoms with Crippen LogP contribution < -0.4 is 0 Å². The fraction of sp³-hybridized carbons (Fsp3) is 0.769. The maximum Gasteiger partial charge on any atom is 0.328 e. The molecule has 0 N–H and O–H groups in total. The number of rotatable bonds is 3. The molecule has 2 aliphatic rings. The highest BCUT2D eigenvalue weighted by molar-refractivity contribution is 5.72. The molecule has 1 heterocycles. The summed E-state index contributed by atoms with van der Waals surface area (Å²) in [6, 6.07) is 0. The number of nitrogens with zero attached hydrogens (tertiary/aromatic N) is 1. The monoisotopic (exact) mass is 221 g/mol. The number of hydroxylamine groups is 2. The van der Waals surface area contributed by atoms with Gasteiger partial charge in [-0.1, -0.05) is 6.42 Å². The van der Waals surface area contributed by atoms with Crippen molar-refractivity contribution >= 4 is 5.97 Å². The minimum Gasteiger partial charge on any atom is -0.368 e. The first kappa shape index (κ1) is 11.5. The van der Waals surface area contributed by atoms with Crippen LogP contribution in [0.1, 0.15) is 38.5 Å². The number of piperidine rings is 1. The fourth-order valence-corrected chi connectivity index (χ4v) is 2.22. The molecule has 0 spiro atoms. The van der Waals surface area contributed by atoms with Crippen molar-refractivity contribution < 1.29 is 9.63 Å². The molecule has 0 aromatic rings. The van der Waals surface area contributed by atoms with Crippen LogP contribution in [0.3, 0.4) is 0 Å². The Balaban J connectivity index is 1.68. The average molecular weight is 221 g/mol. The van der Waals surface area contributed by atoms with Gasteiger partial charge in [-0.3, -0.25) is 4.79 Å². The van der Waals surface area contributed by atoms with Gasteiger partial charge in [0.25, 0.3) is 0 Å². The summed E-state index contributed by atoms with van der Waals surface area (Å²) in [7, 11) is 0. The van der Waals surface area contributed by atoms with Crippen molar-refractivity contribution in [2.45, 2.75) is 38.5 Å². The summed E-state index contributed by atoms with van der Waals surface area (Å²) in [5.74, 6) is 3.46. The molecule has 0 amide bonds. The zero-order valence-electron chi connectivity index (χ0n) is 9.65. The number of terminal acetylenes is 1. The fourth-order valence-electron chi connectivity index (χ4n) is 2.22. The summed E-state index contributed by atoms with van der Waals surface area (Å²) in [5, 5.41) is 1.81. The highest BCUT2D eigenvalue weighted by atomic mass is 16.7. The van der Waals surface area contributed by atoms with Gasteiger partial charge in [-0.2, -0.15) is 0 Å². The maximum atomic E-state index is 11.6. The van der Waals surface area contributed by atoms with E-state index in [9.17, 15) is 4.79 Å². The highest BCUT2D eigenvalue weighted by Crippen LogP contribution is 2.28. The largest absolute Gasteiger partial charge is 0.368 e. The van der Waals surface area contributed by atoms with E-state index in [2.05, 4.69) is 5.92 Å². The summed E-state index contributed by atoms with van der Waals surface area (Å²) in [6.07, 6.45) is 11.4. The third-order valence-electron chi connectivity index (χ3n) is 3.64. The second kappa shape index (κ2) is 5.36. The van der Waals surface area contributed by atoms with E-state index in [1.54, 1.807) is 0 Å². The summed E-state index contributed by atoms with van der Waals surface area (Å²) in [6.45, 7) is 1.68. The molecular weight excluding hydrogens is 202 g/mol. The van der Waals surface area contributed by atoms with Crippen LogP contribution in [0.25, 0.3) is 0 Å². The molecule has 2 rings (SSSR count). The molecule has 3 nitrogen and oxygen atoms in total. The van der Waals surface area contributed by atoms with E-state index in [4.69, 9.17) is 11.3 Å². The van der Waals surface area contributed by atoms with Gasteiger partial charge in [0.15, 0.2) is 0 Å². The molecule has 3 heteroatoms. The summed E-state index contributed by atoms with van der Waals surface area (Å²) < 4.78 is 0. The maximum absolute atomic E-state index is 11.6. The third-order valence-corrected chi connectivity index (χ3v) is 3.64. The average Bonchev–Trinajstić information content (AvgIpc) is 2.18. The van der Waals surface area contributed by atoms with E-state index < -0.39 is 0 Å². The van der Waals surface area contributed by atoms with Crippen molar-refractivity contribution in [2.75, 3.05) is 13.1 Å². The van der Waals surface area contributed by atoms with E-state index >= 15 is 0 Å². The predicted molar refractivity (Wildman–Crippen MR) is 61.2 cm³/mol. The first-order valence-electron chi connectivity index (χ1n) is 6.20. The van der Waals surface area contributed by atoms with Gasteiger partial charge in [0.1, 0.15) is 0 Å². The lowest BCUT2D eigenvalue weighted by molar-refractivity contribution is -0.204. The van der Waals surface area contributed by atoms with Gasteiger partial charge in [0.05, 0.1) is 5.92 Å². The van der Waals surface area contributed by atoms with Crippen molar-refractivity contribution in [3.8, 4) is 12.3 Å². The van der Waals surface area contributed by atoms with Crippen LogP contribution >= 0.6 is 0 Å². The molecule has 1 aliphatic heterocycles. The number of carbonyl (C=O) groups excluding carboxylic acids is 1. The molecular formula is C13H19NO2. The number of carbonyl (C=O) groups is 1. The minimum absolute atomic E-state index is 0.0263. The van der Waals surface area contributed by atoms with Crippen LogP contribution in [-0.4, -0.2) is 24.1 Å². The van der Waals surface area contributed by atoms with Crippen molar-refractivity contribution in [3.63, 3.8) is 0 Å². The predicted octanol–water partition coefficient (Wildman–Crippen LogP) is 1.98. The second-order valence-corrected chi connectivity index (χ2v) is 4.82. The molecule has 0 unspecified atom stereocenters. The zero-order valence-corrected chi connectivity index (χ0v) is 9.65. The molecule has 0 bridgehead atoms. The Morgan fingerprint density at radius 3 is 2.50 bits per heavy atom. The molecule has 1 saturated heterocycles. The summed E-state index contributed by atoms with van der Waals surface area (Å²) in [5.41, 5.74) is 0. The Kier molecular flexibility index (Phi) is 3.84. The van der Waals surface area contributed by atoms with E-state index in [1.807, 2.05) is 5.06 Å². The molecule has 1 saturated carbocycles. The lowest BCUT2D eigenvalue weighted by Crippen LogP contribution is -2.38. The molecule has 1 aliphatic carbocycles. The summed E-state index contributed by atoms with van der Waals surface area (Å²) in [4.78, 5) is 17.0. The van der Waals surface area contributed by atoms with Gasteiger partial charge in [-0.15, -0.1) is 17.4 Å². The van der Waals surface area contributed by atoms with Crippen molar-refractivity contribution in [1.29, 1.82) is 0 Å². The third kappa shape index (κ3) is 2.76. The second-order valence-electron chi connectivity index (χ2n) is 4.82. The van der Waals surface area contributed by atoms with Crippen LogP contribution in [0.2, 0.25) is 0 Å². The van der Waals surface area contributed by atoms with Gasteiger partial charge < -0.3 is 4.84 Å². The van der Waals surface area contributed by atoms with Crippen LogP contribution in [0.4, 0.5) is 0 Å². The van der Waals surface area contributed by atoms with Gasteiger partial charge >= 0.3 is 5.97 Å². The zero-order chi connectivity index (χ0) is 11.4. The van der Waals surface area contributed by atoms with Gasteiger partial charge in [-0.05, 0) is 31.6 Å². The molecule has 2 fully saturated rings. The first-order valence-corrected chi connectivity index (χ1v) is 6.20. The van der Waals surface area contributed by atoms with Gasteiger partial charge in [0, 0.05) is 19.5 Å². The van der Waals surface area contributed by atoms with Crippen LogP contribution in [0.15, 0.2) is 0 Å². The van der Waals surface area contributed by atoms with E-state index in [0.717, 1.165) is 45.2 Å². The molecule has 0 aromatic carbocycles. The van der Waals surface area contributed by atoms with Gasteiger partial charge in [-0.25, -0.2) is 0 Å². The number of hydrogen-bond donors (Lipinski definition) is 0. The van der Waals surface area contributed by atoms with E-state index in [0.29, 0.717) is 5.92 Å². The highest BCUT2D eigenvalue weighted by Gasteiger charge is 2.29.